The third kappa shape index (κ3) is 4.59. The summed E-state index contributed by atoms with van der Waals surface area (Å²) in [6, 6.07) is 5.81. The van der Waals surface area contributed by atoms with Gasteiger partial charge in [-0.2, -0.15) is 4.98 Å². The normalized spacial score (nSPS) is 11.0. The van der Waals surface area contributed by atoms with Gasteiger partial charge in [-0.25, -0.2) is 9.97 Å². The minimum atomic E-state index is -0.0215. The Hall–Kier alpha value is -3.00. The molecule has 2 aromatic heterocycles. The molecule has 8 heteroatoms. The van der Waals surface area contributed by atoms with Crippen molar-refractivity contribution in [3.05, 3.63) is 35.0 Å². The van der Waals surface area contributed by atoms with Crippen molar-refractivity contribution >= 4 is 5.95 Å². The zero-order valence-corrected chi connectivity index (χ0v) is 18.3. The van der Waals surface area contributed by atoms with E-state index in [1.165, 1.54) is 0 Å². The van der Waals surface area contributed by atoms with Crippen molar-refractivity contribution in [2.24, 2.45) is 0 Å². The quantitative estimate of drug-likeness (QED) is 0.570. The van der Waals surface area contributed by atoms with Crippen LogP contribution in [0.2, 0.25) is 0 Å². The first-order valence-electron chi connectivity index (χ1n) is 10.3. The molecule has 0 fully saturated rings. The average Bonchev–Trinajstić information content (AvgIpc) is 3.23. The van der Waals surface area contributed by atoms with Gasteiger partial charge < -0.3 is 19.3 Å². The van der Waals surface area contributed by atoms with E-state index in [2.05, 4.69) is 45.8 Å². The molecule has 1 aromatic carbocycles. The number of aliphatic hydroxyl groups excluding tert-OH is 1. The third-order valence-electron chi connectivity index (χ3n) is 4.86. The number of aryl methyl sites for hydroxylation is 3. The number of hydrogen-bond donors (Lipinski definition) is 1. The van der Waals surface area contributed by atoms with Gasteiger partial charge in [0.05, 0.1) is 6.61 Å². The van der Waals surface area contributed by atoms with Crippen LogP contribution in [0.4, 0.5) is 5.95 Å². The lowest BCUT2D eigenvalue weighted by atomic mass is 10.0. The summed E-state index contributed by atoms with van der Waals surface area (Å²) in [6.07, 6.45) is 0.790. The number of hydrogen-bond acceptors (Lipinski definition) is 8. The van der Waals surface area contributed by atoms with Crippen LogP contribution in [0, 0.1) is 13.8 Å². The van der Waals surface area contributed by atoms with E-state index in [9.17, 15) is 0 Å². The summed E-state index contributed by atoms with van der Waals surface area (Å²) >= 11 is 0. The summed E-state index contributed by atoms with van der Waals surface area (Å²) in [7, 11) is 0. The first kappa shape index (κ1) is 21.7. The van der Waals surface area contributed by atoms with Crippen LogP contribution in [0.1, 0.15) is 37.6 Å². The van der Waals surface area contributed by atoms with E-state index >= 15 is 0 Å². The molecule has 1 N–H and O–H groups in total. The Morgan fingerprint density at radius 1 is 1.03 bits per heavy atom. The summed E-state index contributed by atoms with van der Waals surface area (Å²) in [4.78, 5) is 15.8. The van der Waals surface area contributed by atoms with Crippen LogP contribution < -0.4 is 9.64 Å². The Kier molecular flexibility index (Phi) is 6.99. The SMILES string of the molecule is CCc1cc(-c2noc(-c3cc(C)nc(N(CC)CC)n3)n2)cc(C)c1OCCO. The average molecular weight is 412 g/mol. The highest BCUT2D eigenvalue weighted by Crippen LogP contribution is 2.31. The molecule has 160 valence electrons. The molecule has 30 heavy (non-hydrogen) atoms. The Morgan fingerprint density at radius 2 is 1.80 bits per heavy atom. The topological polar surface area (TPSA) is 97.4 Å². The van der Waals surface area contributed by atoms with Gasteiger partial charge in [0.1, 0.15) is 18.1 Å². The second-order valence-electron chi connectivity index (χ2n) is 7.00. The Morgan fingerprint density at radius 3 is 2.47 bits per heavy atom. The minimum Gasteiger partial charge on any atom is -0.491 e. The van der Waals surface area contributed by atoms with Crippen molar-refractivity contribution in [2.45, 2.75) is 41.0 Å². The number of benzene rings is 1. The summed E-state index contributed by atoms with van der Waals surface area (Å²) in [5.41, 5.74) is 4.30. The van der Waals surface area contributed by atoms with Crippen LogP contribution in [0.15, 0.2) is 22.7 Å². The predicted molar refractivity (Wildman–Crippen MR) is 116 cm³/mol. The molecular weight excluding hydrogens is 382 g/mol. The Balaban J connectivity index is 1.96. The van der Waals surface area contributed by atoms with Gasteiger partial charge in [-0.1, -0.05) is 12.1 Å². The smallest absolute Gasteiger partial charge is 0.277 e. The lowest BCUT2D eigenvalue weighted by Crippen LogP contribution is -2.24. The number of aliphatic hydroxyl groups is 1. The van der Waals surface area contributed by atoms with Crippen molar-refractivity contribution in [1.29, 1.82) is 0 Å². The van der Waals surface area contributed by atoms with Crippen LogP contribution in [-0.2, 0) is 6.42 Å². The van der Waals surface area contributed by atoms with Crippen LogP contribution >= 0.6 is 0 Å². The molecule has 2 heterocycles. The molecular formula is C22H29N5O3. The lowest BCUT2D eigenvalue weighted by molar-refractivity contribution is 0.199. The molecule has 0 atom stereocenters. The highest BCUT2D eigenvalue weighted by molar-refractivity contribution is 5.63. The maximum absolute atomic E-state index is 9.06. The largest absolute Gasteiger partial charge is 0.491 e. The lowest BCUT2D eigenvalue weighted by Gasteiger charge is -2.18. The van der Waals surface area contributed by atoms with Crippen LogP contribution in [-0.4, -0.2) is 51.5 Å². The minimum absolute atomic E-state index is 0.0215. The van der Waals surface area contributed by atoms with Gasteiger partial charge >= 0.3 is 0 Å². The number of aromatic nitrogens is 4. The summed E-state index contributed by atoms with van der Waals surface area (Å²) in [5, 5.41) is 13.2. The van der Waals surface area contributed by atoms with Crippen molar-refractivity contribution in [2.75, 3.05) is 31.2 Å². The molecule has 3 rings (SSSR count). The van der Waals surface area contributed by atoms with Gasteiger partial charge in [0.2, 0.25) is 11.8 Å². The fourth-order valence-corrected chi connectivity index (χ4v) is 3.35. The van der Waals surface area contributed by atoms with Gasteiger partial charge in [-0.3, -0.25) is 0 Å². The molecule has 0 aliphatic heterocycles. The van der Waals surface area contributed by atoms with Crippen molar-refractivity contribution in [3.8, 4) is 28.7 Å². The second kappa shape index (κ2) is 9.67. The van der Waals surface area contributed by atoms with E-state index in [1.54, 1.807) is 0 Å². The molecule has 0 aliphatic rings. The van der Waals surface area contributed by atoms with Crippen LogP contribution in [0.5, 0.6) is 5.75 Å². The van der Waals surface area contributed by atoms with E-state index in [1.807, 2.05) is 32.0 Å². The molecule has 0 unspecified atom stereocenters. The summed E-state index contributed by atoms with van der Waals surface area (Å²) in [6.45, 7) is 12.0. The highest BCUT2D eigenvalue weighted by atomic mass is 16.5. The van der Waals surface area contributed by atoms with Gasteiger partial charge in [-0.15, -0.1) is 0 Å². The molecule has 0 spiro atoms. The number of nitrogens with zero attached hydrogens (tertiary/aromatic N) is 5. The van der Waals surface area contributed by atoms with Crippen molar-refractivity contribution in [1.82, 2.24) is 20.1 Å². The van der Waals surface area contributed by atoms with E-state index in [0.29, 0.717) is 23.4 Å². The fraction of sp³-hybridized carbons (Fsp3) is 0.455. The first-order chi connectivity index (χ1) is 14.5. The molecule has 0 amide bonds. The second-order valence-corrected chi connectivity index (χ2v) is 7.00. The molecule has 0 saturated heterocycles. The molecule has 8 nitrogen and oxygen atoms in total. The molecule has 0 bridgehead atoms. The zero-order chi connectivity index (χ0) is 21.7. The highest BCUT2D eigenvalue weighted by Gasteiger charge is 2.17. The predicted octanol–water partition coefficient (Wildman–Crippen LogP) is 3.59. The standard InChI is InChI=1S/C22H29N5O3/c1-6-16-13-17(11-14(4)19(16)29-10-9-28)20-25-21(30-26-20)18-12-15(5)23-22(24-18)27(7-2)8-3/h11-13,28H,6-10H2,1-5H3. The Labute approximate surface area is 176 Å². The van der Waals surface area contributed by atoms with Crippen LogP contribution in [0.3, 0.4) is 0 Å². The van der Waals surface area contributed by atoms with Gasteiger partial charge in [0, 0.05) is 24.3 Å². The summed E-state index contributed by atoms with van der Waals surface area (Å²) in [5.74, 6) is 2.32. The first-order valence-corrected chi connectivity index (χ1v) is 10.3. The van der Waals surface area contributed by atoms with E-state index in [4.69, 9.17) is 14.4 Å². The molecule has 0 radical (unpaired) electrons. The van der Waals surface area contributed by atoms with Crippen molar-refractivity contribution < 1.29 is 14.4 Å². The maximum atomic E-state index is 9.06. The van der Waals surface area contributed by atoms with Crippen molar-refractivity contribution in [3.63, 3.8) is 0 Å². The van der Waals surface area contributed by atoms with Gasteiger partial charge in [-0.05, 0) is 63.4 Å². The monoisotopic (exact) mass is 411 g/mol. The Bertz CT molecular complexity index is 998. The fourth-order valence-electron chi connectivity index (χ4n) is 3.35. The number of anilines is 1. The van der Waals surface area contributed by atoms with Crippen LogP contribution in [0.25, 0.3) is 23.0 Å². The molecule has 0 aliphatic carbocycles. The zero-order valence-electron chi connectivity index (χ0n) is 18.3. The van der Waals surface area contributed by atoms with E-state index in [-0.39, 0.29) is 13.2 Å². The van der Waals surface area contributed by atoms with E-state index < -0.39 is 0 Å². The maximum Gasteiger partial charge on any atom is 0.277 e. The third-order valence-corrected chi connectivity index (χ3v) is 4.86. The van der Waals surface area contributed by atoms with Gasteiger partial charge in [0.25, 0.3) is 5.89 Å². The van der Waals surface area contributed by atoms with Gasteiger partial charge in [0.15, 0.2) is 0 Å². The summed E-state index contributed by atoms with van der Waals surface area (Å²) < 4.78 is 11.2. The number of ether oxygens (including phenoxy) is 1. The molecule has 3 aromatic rings. The number of rotatable bonds is 9. The van der Waals surface area contributed by atoms with E-state index in [0.717, 1.165) is 47.6 Å². The molecule has 0 saturated carbocycles.